The van der Waals surface area contributed by atoms with Gasteiger partial charge in [-0.1, -0.05) is 48.9 Å². The molecule has 0 spiro atoms. The molecular formula is C29H34FN3O5S. The van der Waals surface area contributed by atoms with Crippen LogP contribution in [0.5, 0.6) is 5.75 Å². The van der Waals surface area contributed by atoms with Gasteiger partial charge >= 0.3 is 0 Å². The highest BCUT2D eigenvalue weighted by molar-refractivity contribution is 7.92. The molecule has 0 heterocycles. The Morgan fingerprint density at radius 1 is 0.974 bits per heavy atom. The van der Waals surface area contributed by atoms with Gasteiger partial charge in [0, 0.05) is 13.1 Å². The molecule has 10 heteroatoms. The van der Waals surface area contributed by atoms with Crippen LogP contribution in [-0.4, -0.2) is 51.4 Å². The lowest BCUT2D eigenvalue weighted by Gasteiger charge is -2.33. The highest BCUT2D eigenvalue weighted by atomic mass is 32.2. The number of amides is 2. The fraction of sp³-hybridized carbons (Fsp3) is 0.310. The van der Waals surface area contributed by atoms with Crippen molar-refractivity contribution in [3.05, 3.63) is 89.7 Å². The third-order valence-electron chi connectivity index (χ3n) is 6.24. The standard InChI is InChI=1S/C29H34FN3O5S/c1-5-25(29(35)31-6-2)32(19-22-13-15-23(30)16-14-22)28(34)20-33(26-9-7-8-10-27(26)38-4)39(36,37)24-17-11-21(3)12-18-24/h7-18,25H,5-6,19-20H2,1-4H3,(H,31,35). The predicted molar refractivity (Wildman–Crippen MR) is 148 cm³/mol. The fourth-order valence-electron chi connectivity index (χ4n) is 4.18. The number of benzene rings is 3. The molecule has 0 saturated heterocycles. The van der Waals surface area contributed by atoms with Crippen LogP contribution in [0.15, 0.2) is 77.7 Å². The Kier molecular flexibility index (Phi) is 10.1. The molecule has 208 valence electrons. The minimum absolute atomic E-state index is 0.00709. The van der Waals surface area contributed by atoms with Crippen molar-refractivity contribution in [3.8, 4) is 5.75 Å². The van der Waals surface area contributed by atoms with E-state index < -0.39 is 34.3 Å². The van der Waals surface area contributed by atoms with E-state index in [4.69, 9.17) is 4.74 Å². The quantitative estimate of drug-likeness (QED) is 0.360. The first-order valence-corrected chi connectivity index (χ1v) is 14.1. The molecule has 0 aromatic heterocycles. The summed E-state index contributed by atoms with van der Waals surface area (Å²) in [6.07, 6.45) is 0.290. The van der Waals surface area contributed by atoms with Gasteiger partial charge in [0.05, 0.1) is 17.7 Å². The van der Waals surface area contributed by atoms with Crippen LogP contribution in [-0.2, 0) is 26.2 Å². The maximum Gasteiger partial charge on any atom is 0.264 e. The lowest BCUT2D eigenvalue weighted by molar-refractivity contribution is -0.140. The number of rotatable bonds is 12. The molecule has 8 nitrogen and oxygen atoms in total. The predicted octanol–water partition coefficient (Wildman–Crippen LogP) is 4.28. The van der Waals surface area contributed by atoms with Crippen molar-refractivity contribution in [1.82, 2.24) is 10.2 Å². The van der Waals surface area contributed by atoms with Gasteiger partial charge in [-0.2, -0.15) is 0 Å². The third-order valence-corrected chi connectivity index (χ3v) is 8.02. The van der Waals surface area contributed by atoms with Crippen molar-refractivity contribution < 1.29 is 27.1 Å². The first kappa shape index (κ1) is 29.6. The van der Waals surface area contributed by atoms with Crippen LogP contribution in [0.25, 0.3) is 0 Å². The van der Waals surface area contributed by atoms with Crippen LogP contribution >= 0.6 is 0 Å². The molecular weight excluding hydrogens is 521 g/mol. The molecule has 2 amide bonds. The van der Waals surface area contributed by atoms with Crippen molar-refractivity contribution in [2.75, 3.05) is 24.5 Å². The van der Waals surface area contributed by atoms with Gasteiger partial charge in [0.1, 0.15) is 24.2 Å². The number of carbonyl (C=O) groups is 2. The molecule has 0 aliphatic carbocycles. The molecule has 0 saturated carbocycles. The summed E-state index contributed by atoms with van der Waals surface area (Å²) in [4.78, 5) is 28.3. The summed E-state index contributed by atoms with van der Waals surface area (Å²) in [7, 11) is -2.80. The summed E-state index contributed by atoms with van der Waals surface area (Å²) >= 11 is 0. The van der Waals surface area contributed by atoms with E-state index in [9.17, 15) is 22.4 Å². The van der Waals surface area contributed by atoms with E-state index in [1.165, 1.54) is 48.4 Å². The number of sulfonamides is 1. The molecule has 3 aromatic rings. The van der Waals surface area contributed by atoms with E-state index in [1.54, 1.807) is 50.2 Å². The molecule has 3 aromatic carbocycles. The molecule has 3 rings (SSSR count). The van der Waals surface area contributed by atoms with Crippen molar-refractivity contribution >= 4 is 27.5 Å². The number of ether oxygens (including phenoxy) is 1. The van der Waals surface area contributed by atoms with E-state index in [1.807, 2.05) is 6.92 Å². The van der Waals surface area contributed by atoms with Gasteiger partial charge in [-0.15, -0.1) is 0 Å². The first-order valence-electron chi connectivity index (χ1n) is 12.7. The largest absolute Gasteiger partial charge is 0.495 e. The molecule has 1 N–H and O–H groups in total. The number of hydrogen-bond acceptors (Lipinski definition) is 5. The van der Waals surface area contributed by atoms with Gasteiger partial charge in [0.2, 0.25) is 11.8 Å². The number of halogens is 1. The van der Waals surface area contributed by atoms with E-state index in [2.05, 4.69) is 5.32 Å². The Labute approximate surface area is 229 Å². The number of nitrogens with zero attached hydrogens (tertiary/aromatic N) is 2. The molecule has 0 bridgehead atoms. The summed E-state index contributed by atoms with van der Waals surface area (Å²) in [5.74, 6) is -1.12. The zero-order valence-corrected chi connectivity index (χ0v) is 23.4. The number of hydrogen-bond donors (Lipinski definition) is 1. The Balaban J connectivity index is 2.09. The van der Waals surface area contributed by atoms with Crippen LogP contribution in [0.1, 0.15) is 31.4 Å². The van der Waals surface area contributed by atoms with Crippen molar-refractivity contribution in [1.29, 1.82) is 0 Å². The van der Waals surface area contributed by atoms with Crippen molar-refractivity contribution in [2.24, 2.45) is 0 Å². The zero-order chi connectivity index (χ0) is 28.6. The molecule has 0 aliphatic rings. The molecule has 1 unspecified atom stereocenters. The van der Waals surface area contributed by atoms with Crippen LogP contribution in [0.4, 0.5) is 10.1 Å². The molecule has 39 heavy (non-hydrogen) atoms. The Morgan fingerprint density at radius 2 is 1.62 bits per heavy atom. The lowest BCUT2D eigenvalue weighted by Crippen LogP contribution is -2.52. The van der Waals surface area contributed by atoms with E-state index >= 15 is 0 Å². The van der Waals surface area contributed by atoms with E-state index in [0.717, 1.165) is 9.87 Å². The third kappa shape index (κ3) is 7.14. The Morgan fingerprint density at radius 3 is 2.21 bits per heavy atom. The van der Waals surface area contributed by atoms with Gasteiger partial charge in [0.25, 0.3) is 10.0 Å². The van der Waals surface area contributed by atoms with Gasteiger partial charge < -0.3 is 15.0 Å². The average Bonchev–Trinajstić information content (AvgIpc) is 2.93. The minimum atomic E-state index is -4.22. The zero-order valence-electron chi connectivity index (χ0n) is 22.6. The second kappa shape index (κ2) is 13.2. The van der Waals surface area contributed by atoms with Crippen LogP contribution < -0.4 is 14.4 Å². The molecule has 0 fully saturated rings. The Hall–Kier alpha value is -3.92. The first-order chi connectivity index (χ1) is 18.6. The molecule has 1 atom stereocenters. The van der Waals surface area contributed by atoms with Gasteiger partial charge in [0.15, 0.2) is 0 Å². The number of anilines is 1. The number of likely N-dealkylation sites (N-methyl/N-ethyl adjacent to an activating group) is 1. The number of nitrogens with one attached hydrogen (secondary N) is 1. The van der Waals surface area contributed by atoms with Crippen LogP contribution in [0.2, 0.25) is 0 Å². The summed E-state index contributed by atoms with van der Waals surface area (Å²) in [6.45, 7) is 5.15. The number of aryl methyl sites for hydroxylation is 1. The highest BCUT2D eigenvalue weighted by Crippen LogP contribution is 2.32. The minimum Gasteiger partial charge on any atom is -0.495 e. The van der Waals surface area contributed by atoms with Gasteiger partial charge in [-0.05, 0) is 62.2 Å². The van der Waals surface area contributed by atoms with Crippen LogP contribution in [0.3, 0.4) is 0 Å². The second-order valence-electron chi connectivity index (χ2n) is 8.96. The lowest BCUT2D eigenvalue weighted by atomic mass is 10.1. The summed E-state index contributed by atoms with van der Waals surface area (Å²) in [6, 6.07) is 17.6. The van der Waals surface area contributed by atoms with E-state index in [-0.39, 0.29) is 35.2 Å². The summed E-state index contributed by atoms with van der Waals surface area (Å²) in [5.41, 5.74) is 1.66. The van der Waals surface area contributed by atoms with E-state index in [0.29, 0.717) is 12.1 Å². The normalized spacial score (nSPS) is 11.9. The molecule has 0 aliphatic heterocycles. The number of methoxy groups -OCH3 is 1. The molecule has 0 radical (unpaired) electrons. The smallest absolute Gasteiger partial charge is 0.264 e. The maximum absolute atomic E-state index is 14.0. The SMILES string of the molecule is CCNC(=O)C(CC)N(Cc1ccc(F)cc1)C(=O)CN(c1ccccc1OC)S(=O)(=O)c1ccc(C)cc1. The highest BCUT2D eigenvalue weighted by Gasteiger charge is 2.34. The fourth-order valence-corrected chi connectivity index (χ4v) is 5.61. The summed E-state index contributed by atoms with van der Waals surface area (Å²) < 4.78 is 47.8. The van der Waals surface area contributed by atoms with Crippen LogP contribution in [0, 0.1) is 12.7 Å². The topological polar surface area (TPSA) is 96.0 Å². The van der Waals surface area contributed by atoms with Crippen molar-refractivity contribution in [2.45, 2.75) is 44.7 Å². The Bertz CT molecular complexity index is 1380. The number of para-hydroxylation sites is 2. The van der Waals surface area contributed by atoms with Gasteiger partial charge in [-0.25, -0.2) is 12.8 Å². The van der Waals surface area contributed by atoms with Gasteiger partial charge in [-0.3, -0.25) is 13.9 Å². The van der Waals surface area contributed by atoms with Crippen molar-refractivity contribution in [3.63, 3.8) is 0 Å². The summed E-state index contributed by atoms with van der Waals surface area (Å²) in [5, 5.41) is 2.75. The average molecular weight is 556 g/mol. The monoisotopic (exact) mass is 555 g/mol. The number of carbonyl (C=O) groups excluding carboxylic acids is 2. The second-order valence-corrected chi connectivity index (χ2v) is 10.8. The maximum atomic E-state index is 14.0.